The van der Waals surface area contributed by atoms with Crippen molar-refractivity contribution in [1.29, 1.82) is 0 Å². The van der Waals surface area contributed by atoms with Crippen molar-refractivity contribution in [2.45, 2.75) is 29.6 Å². The van der Waals surface area contributed by atoms with Gasteiger partial charge in [0.25, 0.3) is 0 Å². The molecule has 1 N–H and O–H groups in total. The van der Waals surface area contributed by atoms with Crippen LogP contribution in [0.15, 0.2) is 52.3 Å². The van der Waals surface area contributed by atoms with Crippen molar-refractivity contribution in [1.82, 2.24) is 9.29 Å². The highest BCUT2D eigenvalue weighted by atomic mass is 32.2. The Morgan fingerprint density at radius 1 is 1.17 bits per heavy atom. The van der Waals surface area contributed by atoms with Gasteiger partial charge in [0.2, 0.25) is 15.9 Å². The van der Waals surface area contributed by atoms with Gasteiger partial charge in [0.05, 0.1) is 15.1 Å². The normalized spacial score (nSPS) is 16.1. The highest BCUT2D eigenvalue weighted by Gasteiger charge is 2.32. The van der Waals surface area contributed by atoms with Crippen LogP contribution in [0.5, 0.6) is 0 Å². The third kappa shape index (κ3) is 4.39. The summed E-state index contributed by atoms with van der Waals surface area (Å²) in [6.45, 7) is 2.70. The number of hydrogen-bond acceptors (Lipinski definition) is 6. The number of hydrogen-bond donors (Lipinski definition) is 1. The van der Waals surface area contributed by atoms with Crippen molar-refractivity contribution in [3.8, 4) is 0 Å². The second kappa shape index (κ2) is 8.66. The number of aromatic nitrogens is 1. The van der Waals surface area contributed by atoms with Crippen molar-refractivity contribution < 1.29 is 13.2 Å². The predicted octanol–water partition coefficient (Wildman–Crippen LogP) is 4.37. The lowest BCUT2D eigenvalue weighted by Gasteiger charge is -2.30. The average molecular weight is 462 g/mol. The molecule has 0 radical (unpaired) electrons. The van der Waals surface area contributed by atoms with E-state index in [1.807, 2.05) is 37.4 Å². The standard InChI is InChI=1S/C21H23N3O3S3/c1-14-3-8-18-19(13-14)29-21(22-18)23-20(25)15-9-11-24(12-10-15)30(26,27)17-6-4-16(28-2)5-7-17/h3-8,13,15H,9-12H2,1-2H3,(H,22,23,25). The number of anilines is 1. The first kappa shape index (κ1) is 21.3. The largest absolute Gasteiger partial charge is 0.302 e. The molecule has 0 atom stereocenters. The van der Waals surface area contributed by atoms with Crippen molar-refractivity contribution in [3.63, 3.8) is 0 Å². The van der Waals surface area contributed by atoms with E-state index in [0.29, 0.717) is 36.0 Å². The van der Waals surface area contributed by atoms with Gasteiger partial charge >= 0.3 is 0 Å². The van der Waals surface area contributed by atoms with Crippen molar-refractivity contribution in [2.24, 2.45) is 5.92 Å². The molecule has 1 amide bonds. The summed E-state index contributed by atoms with van der Waals surface area (Å²) in [7, 11) is -3.53. The number of benzene rings is 2. The van der Waals surface area contributed by atoms with E-state index in [9.17, 15) is 13.2 Å². The van der Waals surface area contributed by atoms with Gasteiger partial charge in [-0.1, -0.05) is 17.4 Å². The molecule has 2 aromatic carbocycles. The number of fused-ring (bicyclic) bond motifs is 1. The molecule has 4 rings (SSSR count). The molecule has 0 spiro atoms. The SMILES string of the molecule is CSc1ccc(S(=O)(=O)N2CCC(C(=O)Nc3nc4ccc(C)cc4s3)CC2)cc1. The van der Waals surface area contributed by atoms with E-state index in [1.165, 1.54) is 15.6 Å². The zero-order valence-corrected chi connectivity index (χ0v) is 19.2. The van der Waals surface area contributed by atoms with Crippen LogP contribution in [0.4, 0.5) is 5.13 Å². The molecule has 9 heteroatoms. The topological polar surface area (TPSA) is 79.4 Å². The van der Waals surface area contributed by atoms with E-state index >= 15 is 0 Å². The Hall–Kier alpha value is -1.94. The first-order chi connectivity index (χ1) is 14.4. The van der Waals surface area contributed by atoms with Crippen LogP contribution in [0.1, 0.15) is 18.4 Å². The molecular formula is C21H23N3O3S3. The van der Waals surface area contributed by atoms with Crippen LogP contribution >= 0.6 is 23.1 Å². The van der Waals surface area contributed by atoms with Crippen LogP contribution in [-0.4, -0.2) is 43.0 Å². The molecule has 3 aromatic rings. The van der Waals surface area contributed by atoms with E-state index in [1.54, 1.807) is 23.9 Å². The van der Waals surface area contributed by atoms with Crippen molar-refractivity contribution in [2.75, 3.05) is 24.7 Å². The Morgan fingerprint density at radius 2 is 1.87 bits per heavy atom. The quantitative estimate of drug-likeness (QED) is 0.571. The highest BCUT2D eigenvalue weighted by Crippen LogP contribution is 2.29. The molecule has 1 saturated heterocycles. The molecule has 1 aliphatic heterocycles. The average Bonchev–Trinajstić information content (AvgIpc) is 3.15. The molecule has 0 bridgehead atoms. The molecule has 0 saturated carbocycles. The molecule has 0 unspecified atom stereocenters. The highest BCUT2D eigenvalue weighted by molar-refractivity contribution is 7.98. The number of carbonyl (C=O) groups excluding carboxylic acids is 1. The first-order valence-corrected chi connectivity index (χ1v) is 13.2. The third-order valence-electron chi connectivity index (χ3n) is 5.30. The maximum Gasteiger partial charge on any atom is 0.243 e. The third-order valence-corrected chi connectivity index (χ3v) is 8.89. The molecule has 0 aliphatic carbocycles. The molecule has 6 nitrogen and oxygen atoms in total. The van der Waals surface area contributed by atoms with Crippen molar-refractivity contribution in [3.05, 3.63) is 48.0 Å². The lowest BCUT2D eigenvalue weighted by atomic mass is 9.97. The Bertz CT molecular complexity index is 1170. The molecule has 30 heavy (non-hydrogen) atoms. The number of amides is 1. The van der Waals surface area contributed by atoms with Gasteiger partial charge in [-0.3, -0.25) is 4.79 Å². The fourth-order valence-electron chi connectivity index (χ4n) is 3.55. The number of aryl methyl sites for hydroxylation is 1. The Balaban J connectivity index is 1.38. The summed E-state index contributed by atoms with van der Waals surface area (Å²) in [6.07, 6.45) is 2.95. The van der Waals surface area contributed by atoms with E-state index in [4.69, 9.17) is 0 Å². The van der Waals surface area contributed by atoms with Gasteiger partial charge < -0.3 is 5.32 Å². The molecule has 158 valence electrons. The number of carbonyl (C=O) groups is 1. The zero-order valence-electron chi connectivity index (χ0n) is 16.8. The monoisotopic (exact) mass is 461 g/mol. The van der Waals surface area contributed by atoms with Crippen LogP contribution in [0.2, 0.25) is 0 Å². The Morgan fingerprint density at radius 3 is 2.53 bits per heavy atom. The van der Waals surface area contributed by atoms with E-state index in [2.05, 4.69) is 16.4 Å². The molecule has 1 aliphatic rings. The van der Waals surface area contributed by atoms with Crippen LogP contribution < -0.4 is 5.32 Å². The van der Waals surface area contributed by atoms with Gasteiger partial charge in [-0.15, -0.1) is 11.8 Å². The fraction of sp³-hybridized carbons (Fsp3) is 0.333. The predicted molar refractivity (Wildman–Crippen MR) is 123 cm³/mol. The van der Waals surface area contributed by atoms with Gasteiger partial charge in [-0.2, -0.15) is 4.31 Å². The summed E-state index contributed by atoms with van der Waals surface area (Å²) in [5.41, 5.74) is 2.02. The van der Waals surface area contributed by atoms with E-state index < -0.39 is 10.0 Å². The van der Waals surface area contributed by atoms with E-state index in [-0.39, 0.29) is 11.8 Å². The number of nitrogens with one attached hydrogen (secondary N) is 1. The van der Waals surface area contributed by atoms with Gasteiger partial charge in [-0.25, -0.2) is 13.4 Å². The minimum Gasteiger partial charge on any atom is -0.302 e. The van der Waals surface area contributed by atoms with Crippen LogP contribution in [-0.2, 0) is 14.8 Å². The summed E-state index contributed by atoms with van der Waals surface area (Å²) in [5.74, 6) is -0.309. The summed E-state index contributed by atoms with van der Waals surface area (Å²) in [5, 5.41) is 3.50. The molecule has 2 heterocycles. The smallest absolute Gasteiger partial charge is 0.243 e. The van der Waals surface area contributed by atoms with Gasteiger partial charge in [0, 0.05) is 23.9 Å². The number of thiazole rings is 1. The summed E-state index contributed by atoms with van der Waals surface area (Å²) in [6, 6.07) is 12.9. The van der Waals surface area contributed by atoms with Crippen LogP contribution in [0.25, 0.3) is 10.2 Å². The molecular weight excluding hydrogens is 438 g/mol. The fourth-order valence-corrected chi connectivity index (χ4v) is 6.39. The first-order valence-electron chi connectivity index (χ1n) is 9.69. The van der Waals surface area contributed by atoms with Crippen LogP contribution in [0, 0.1) is 12.8 Å². The van der Waals surface area contributed by atoms with Gasteiger partial charge in [0.1, 0.15) is 0 Å². The van der Waals surface area contributed by atoms with Crippen molar-refractivity contribution >= 4 is 54.4 Å². The summed E-state index contributed by atoms with van der Waals surface area (Å²) in [4.78, 5) is 18.5. The number of piperidine rings is 1. The number of nitrogens with zero attached hydrogens (tertiary/aromatic N) is 2. The zero-order chi connectivity index (χ0) is 21.3. The van der Waals surface area contributed by atoms with Gasteiger partial charge in [0.15, 0.2) is 5.13 Å². The minimum atomic E-state index is -3.53. The van der Waals surface area contributed by atoms with E-state index in [0.717, 1.165) is 20.7 Å². The number of thioether (sulfide) groups is 1. The Kier molecular flexibility index (Phi) is 6.15. The van der Waals surface area contributed by atoms with Crippen LogP contribution in [0.3, 0.4) is 0 Å². The maximum absolute atomic E-state index is 12.9. The number of rotatable bonds is 5. The second-order valence-corrected chi connectivity index (χ2v) is 11.2. The molecule has 1 aromatic heterocycles. The second-order valence-electron chi connectivity index (χ2n) is 7.33. The summed E-state index contributed by atoms with van der Waals surface area (Å²) < 4.78 is 28.3. The lowest BCUT2D eigenvalue weighted by Crippen LogP contribution is -2.41. The van der Waals surface area contributed by atoms with Gasteiger partial charge in [-0.05, 0) is 68.0 Å². The summed E-state index contributed by atoms with van der Waals surface area (Å²) >= 11 is 3.03. The minimum absolute atomic E-state index is 0.0906. The molecule has 1 fully saturated rings. The maximum atomic E-state index is 12.9. The lowest BCUT2D eigenvalue weighted by molar-refractivity contribution is -0.120. The number of sulfonamides is 1. The Labute approximate surface area is 184 Å².